The topological polar surface area (TPSA) is 0 Å². The SMILES string of the molecule is BrC12CC3CC1(I)CC3C2. The molecule has 10 heavy (non-hydrogen) atoms. The third kappa shape index (κ3) is 0.530. The Labute approximate surface area is 83.4 Å². The molecule has 56 valence electrons. The molecule has 2 unspecified atom stereocenters. The van der Waals surface area contributed by atoms with Crippen LogP contribution in [0, 0.1) is 11.8 Å². The van der Waals surface area contributed by atoms with E-state index in [4.69, 9.17) is 0 Å². The molecule has 2 atom stereocenters. The van der Waals surface area contributed by atoms with Gasteiger partial charge in [-0.2, -0.15) is 0 Å². The van der Waals surface area contributed by atoms with Crippen molar-refractivity contribution in [2.45, 2.75) is 33.4 Å². The lowest BCUT2D eigenvalue weighted by atomic mass is 10.0. The summed E-state index contributed by atoms with van der Waals surface area (Å²) in [5.74, 6) is 2.19. The van der Waals surface area contributed by atoms with Gasteiger partial charge in [0.15, 0.2) is 0 Å². The maximum atomic E-state index is 3.94. The van der Waals surface area contributed by atoms with Crippen LogP contribution in [0.2, 0.25) is 0 Å². The fourth-order valence-electron chi connectivity index (χ4n) is 3.37. The lowest BCUT2D eigenvalue weighted by Crippen LogP contribution is -2.33. The van der Waals surface area contributed by atoms with Gasteiger partial charge in [-0.25, -0.2) is 0 Å². The van der Waals surface area contributed by atoms with Crippen LogP contribution >= 0.6 is 38.5 Å². The van der Waals surface area contributed by atoms with Crippen molar-refractivity contribution in [3.8, 4) is 0 Å². The Morgan fingerprint density at radius 3 is 1.70 bits per heavy atom. The van der Waals surface area contributed by atoms with Crippen LogP contribution in [0.25, 0.3) is 0 Å². The first-order valence-corrected chi connectivity index (χ1v) is 5.88. The number of hydrogen-bond donors (Lipinski definition) is 0. The second kappa shape index (κ2) is 1.61. The lowest BCUT2D eigenvalue weighted by Gasteiger charge is -2.29. The van der Waals surface area contributed by atoms with Crippen LogP contribution in [0.1, 0.15) is 25.7 Å². The summed E-state index contributed by atoms with van der Waals surface area (Å²) >= 11 is 6.65. The van der Waals surface area contributed by atoms with Gasteiger partial charge in [0.05, 0.1) is 0 Å². The highest BCUT2D eigenvalue weighted by Crippen LogP contribution is 2.74. The molecule has 0 saturated heterocycles. The molecule has 0 aliphatic heterocycles. The molecule has 0 heterocycles. The number of halogens is 2. The van der Waals surface area contributed by atoms with Crippen molar-refractivity contribution in [1.29, 1.82) is 0 Å². The second-order valence-corrected chi connectivity index (χ2v) is 7.85. The largest absolute Gasteiger partial charge is 0.0839 e. The van der Waals surface area contributed by atoms with E-state index in [0.717, 1.165) is 11.8 Å². The second-order valence-electron chi connectivity index (χ2n) is 4.27. The quantitative estimate of drug-likeness (QED) is 0.476. The van der Waals surface area contributed by atoms with Gasteiger partial charge in [-0.3, -0.25) is 0 Å². The normalized spacial score (nSPS) is 70.2. The molecule has 4 aliphatic rings. The number of hydrogen-bond acceptors (Lipinski definition) is 0. The van der Waals surface area contributed by atoms with E-state index in [1.54, 1.807) is 0 Å². The summed E-state index contributed by atoms with van der Waals surface area (Å²) in [5, 5.41) is 0. The van der Waals surface area contributed by atoms with Crippen molar-refractivity contribution in [3.63, 3.8) is 0 Å². The van der Waals surface area contributed by atoms with E-state index >= 15 is 0 Å². The van der Waals surface area contributed by atoms with Crippen LogP contribution in [-0.2, 0) is 0 Å². The van der Waals surface area contributed by atoms with E-state index in [1.807, 2.05) is 0 Å². The summed E-state index contributed by atoms with van der Waals surface area (Å²) in [6, 6.07) is 0. The van der Waals surface area contributed by atoms with Crippen molar-refractivity contribution in [2.75, 3.05) is 0 Å². The Hall–Kier alpha value is 1.21. The van der Waals surface area contributed by atoms with E-state index in [0.29, 0.717) is 7.75 Å². The van der Waals surface area contributed by atoms with Gasteiger partial charge in [0.25, 0.3) is 0 Å². The van der Waals surface area contributed by atoms with Crippen LogP contribution in [0.4, 0.5) is 0 Å². The summed E-state index contributed by atoms with van der Waals surface area (Å²) in [6.07, 6.45) is 5.95. The molecular weight excluding hydrogens is 303 g/mol. The van der Waals surface area contributed by atoms with E-state index < -0.39 is 0 Å². The predicted octanol–water partition coefficient (Wildman–Crippen LogP) is 3.13. The highest BCUT2D eigenvalue weighted by Gasteiger charge is 2.69. The Balaban J connectivity index is 2.17. The molecule has 2 heteroatoms. The third-order valence-corrected chi connectivity index (χ3v) is 7.87. The summed E-state index contributed by atoms with van der Waals surface area (Å²) in [4.78, 5) is 0. The minimum atomic E-state index is 0.579. The number of rotatable bonds is 0. The van der Waals surface area contributed by atoms with Gasteiger partial charge in [0, 0.05) is 7.75 Å². The molecule has 0 spiro atoms. The van der Waals surface area contributed by atoms with E-state index in [2.05, 4.69) is 38.5 Å². The molecule has 0 aromatic rings. The summed E-state index contributed by atoms with van der Waals surface area (Å²) in [6.45, 7) is 0. The van der Waals surface area contributed by atoms with Gasteiger partial charge in [-0.05, 0) is 37.5 Å². The highest BCUT2D eigenvalue weighted by atomic mass is 127. The highest BCUT2D eigenvalue weighted by molar-refractivity contribution is 14.1. The Kier molecular flexibility index (Phi) is 1.08. The van der Waals surface area contributed by atoms with Crippen LogP contribution in [-0.4, -0.2) is 7.75 Å². The van der Waals surface area contributed by atoms with Gasteiger partial charge in [-0.1, -0.05) is 38.5 Å². The van der Waals surface area contributed by atoms with Crippen molar-refractivity contribution in [1.82, 2.24) is 0 Å². The summed E-state index contributed by atoms with van der Waals surface area (Å²) < 4.78 is 1.25. The zero-order chi connectivity index (χ0) is 6.98. The lowest BCUT2D eigenvalue weighted by molar-refractivity contribution is 0.457. The maximum Gasteiger partial charge on any atom is 0.0409 e. The molecule has 4 bridgehead atoms. The van der Waals surface area contributed by atoms with Crippen molar-refractivity contribution in [3.05, 3.63) is 0 Å². The van der Waals surface area contributed by atoms with Crippen LogP contribution in [0.3, 0.4) is 0 Å². The predicted molar refractivity (Wildman–Crippen MR) is 53.9 cm³/mol. The zero-order valence-electron chi connectivity index (χ0n) is 5.74. The van der Waals surface area contributed by atoms with Gasteiger partial charge < -0.3 is 0 Å². The average molecular weight is 313 g/mol. The molecule has 0 aromatic heterocycles. The molecule has 4 aliphatic carbocycles. The standard InChI is InChI=1S/C8H10BrI/c9-7-1-5-3-8(7,10)4-6(5)2-7/h5-6H,1-4H2. The minimum Gasteiger partial charge on any atom is -0.0839 e. The van der Waals surface area contributed by atoms with Crippen LogP contribution < -0.4 is 0 Å². The molecule has 4 rings (SSSR count). The van der Waals surface area contributed by atoms with Gasteiger partial charge >= 0.3 is 0 Å². The summed E-state index contributed by atoms with van der Waals surface area (Å²) in [7, 11) is 0. The van der Waals surface area contributed by atoms with Crippen LogP contribution in [0.15, 0.2) is 0 Å². The van der Waals surface area contributed by atoms with Gasteiger partial charge in [-0.15, -0.1) is 0 Å². The maximum absolute atomic E-state index is 3.94. The average Bonchev–Trinajstić information content (AvgIpc) is 2.27. The Bertz CT molecular complexity index is 167. The van der Waals surface area contributed by atoms with E-state index in [1.165, 1.54) is 25.7 Å². The van der Waals surface area contributed by atoms with Crippen LogP contribution in [0.5, 0.6) is 0 Å². The fourth-order valence-corrected chi connectivity index (χ4v) is 6.10. The molecule has 0 radical (unpaired) electrons. The van der Waals surface area contributed by atoms with Crippen molar-refractivity contribution < 1.29 is 0 Å². The third-order valence-electron chi connectivity index (χ3n) is 3.81. The molecular formula is C8H10BrI. The smallest absolute Gasteiger partial charge is 0.0409 e. The Morgan fingerprint density at radius 2 is 1.60 bits per heavy atom. The molecule has 4 fully saturated rings. The molecule has 0 amide bonds. The minimum absolute atomic E-state index is 0.579. The first kappa shape index (κ1) is 6.70. The van der Waals surface area contributed by atoms with Gasteiger partial charge in [0.1, 0.15) is 0 Å². The monoisotopic (exact) mass is 312 g/mol. The zero-order valence-corrected chi connectivity index (χ0v) is 9.48. The molecule has 0 aromatic carbocycles. The first-order chi connectivity index (χ1) is 4.63. The van der Waals surface area contributed by atoms with E-state index in [-0.39, 0.29) is 0 Å². The van der Waals surface area contributed by atoms with E-state index in [9.17, 15) is 0 Å². The molecule has 4 saturated carbocycles. The van der Waals surface area contributed by atoms with Gasteiger partial charge in [0.2, 0.25) is 0 Å². The Morgan fingerprint density at radius 1 is 1.10 bits per heavy atom. The summed E-state index contributed by atoms with van der Waals surface area (Å²) in [5.41, 5.74) is 0. The number of alkyl halides is 2. The van der Waals surface area contributed by atoms with Crippen molar-refractivity contribution in [2.24, 2.45) is 11.8 Å². The molecule has 0 N–H and O–H groups in total. The fraction of sp³-hybridized carbons (Fsp3) is 1.00. The first-order valence-electron chi connectivity index (χ1n) is 4.01. The van der Waals surface area contributed by atoms with Crippen molar-refractivity contribution >= 4 is 38.5 Å². The molecule has 0 nitrogen and oxygen atoms in total.